The van der Waals surface area contributed by atoms with Crippen LogP contribution in [0.2, 0.25) is 0 Å². The van der Waals surface area contributed by atoms with Crippen LogP contribution in [-0.2, 0) is 22.4 Å². The van der Waals surface area contributed by atoms with Crippen LogP contribution in [0.1, 0.15) is 48.9 Å². The molecule has 1 aliphatic carbocycles. The number of aryl methyl sites for hydroxylation is 1. The molecule has 5 nitrogen and oxygen atoms in total. The number of rotatable bonds is 3. The number of pyridine rings is 1. The van der Waals surface area contributed by atoms with Crippen LogP contribution in [-0.4, -0.2) is 30.0 Å². The Morgan fingerprint density at radius 1 is 1.29 bits per heavy atom. The summed E-state index contributed by atoms with van der Waals surface area (Å²) in [6.07, 6.45) is 4.92. The highest BCUT2D eigenvalue weighted by Crippen LogP contribution is 2.39. The minimum atomic E-state index is -1.11. The van der Waals surface area contributed by atoms with E-state index in [4.69, 9.17) is 0 Å². The van der Waals surface area contributed by atoms with Gasteiger partial charge < -0.3 is 10.2 Å². The molecule has 0 fully saturated rings. The summed E-state index contributed by atoms with van der Waals surface area (Å²) in [4.78, 5) is 29.9. The van der Waals surface area contributed by atoms with Crippen molar-refractivity contribution in [2.24, 2.45) is 0 Å². The van der Waals surface area contributed by atoms with Crippen molar-refractivity contribution in [3.63, 3.8) is 0 Å². The lowest BCUT2D eigenvalue weighted by Gasteiger charge is -2.31. The Bertz CT molecular complexity index is 943. The molecule has 1 aliphatic heterocycles. The van der Waals surface area contributed by atoms with Crippen molar-refractivity contribution in [1.82, 2.24) is 10.3 Å². The van der Waals surface area contributed by atoms with E-state index < -0.39 is 12.2 Å². The Kier molecular flexibility index (Phi) is 4.87. The summed E-state index contributed by atoms with van der Waals surface area (Å²) < 4.78 is 14.6. The molecule has 0 saturated carbocycles. The minimum Gasteiger partial charge on any atom is -0.346 e. The molecule has 2 atom stereocenters. The maximum absolute atomic E-state index is 14.6. The Hall–Kier alpha value is -2.76. The van der Waals surface area contributed by atoms with Gasteiger partial charge in [-0.25, -0.2) is 4.39 Å². The summed E-state index contributed by atoms with van der Waals surface area (Å²) in [6, 6.07) is 5.42. The molecule has 4 rings (SSSR count). The van der Waals surface area contributed by atoms with E-state index in [9.17, 15) is 14.0 Å². The summed E-state index contributed by atoms with van der Waals surface area (Å²) in [5.74, 6) is -0.0325. The van der Waals surface area contributed by atoms with Crippen LogP contribution >= 0.6 is 0 Å². The summed E-state index contributed by atoms with van der Waals surface area (Å²) in [7, 11) is 1.80. The van der Waals surface area contributed by atoms with Gasteiger partial charge in [0, 0.05) is 43.5 Å². The SMILES string of the molecule is CCC(=O)N[C@H]1c2cncc(-c3ccc4c(c3)CCC(=O)N4C)c2CC[C@H]1F. The van der Waals surface area contributed by atoms with Crippen molar-refractivity contribution < 1.29 is 14.0 Å². The normalized spacial score (nSPS) is 21.1. The van der Waals surface area contributed by atoms with Crippen molar-refractivity contribution in [1.29, 1.82) is 0 Å². The Labute approximate surface area is 164 Å². The molecule has 146 valence electrons. The molecule has 1 N–H and O–H groups in total. The van der Waals surface area contributed by atoms with Gasteiger partial charge in [-0.15, -0.1) is 0 Å². The summed E-state index contributed by atoms with van der Waals surface area (Å²) in [5.41, 5.74) is 5.88. The lowest BCUT2D eigenvalue weighted by Crippen LogP contribution is -2.37. The van der Waals surface area contributed by atoms with Gasteiger partial charge in [-0.3, -0.25) is 14.6 Å². The molecule has 0 radical (unpaired) electrons. The van der Waals surface area contributed by atoms with Crippen LogP contribution in [0.4, 0.5) is 10.1 Å². The van der Waals surface area contributed by atoms with Gasteiger partial charge in [-0.2, -0.15) is 0 Å². The number of hydrogen-bond acceptors (Lipinski definition) is 3. The summed E-state index contributed by atoms with van der Waals surface area (Å²) in [6.45, 7) is 1.76. The standard InChI is InChI=1S/C22H24FN3O2/c1-3-20(27)25-22-17-12-24-11-16(15(17)6-7-18(22)23)13-4-8-19-14(10-13)5-9-21(28)26(19)2/h4,8,10-12,18,22H,3,5-7,9H2,1-2H3,(H,25,27)/t18-,22+/m1/s1. The van der Waals surface area contributed by atoms with E-state index in [2.05, 4.69) is 16.4 Å². The van der Waals surface area contributed by atoms with Gasteiger partial charge in [0.05, 0.1) is 6.04 Å². The number of benzene rings is 1. The number of amides is 2. The van der Waals surface area contributed by atoms with Crippen LogP contribution in [0.25, 0.3) is 11.1 Å². The Morgan fingerprint density at radius 3 is 2.89 bits per heavy atom. The van der Waals surface area contributed by atoms with E-state index in [1.54, 1.807) is 25.1 Å². The van der Waals surface area contributed by atoms with Crippen LogP contribution in [0, 0.1) is 0 Å². The quantitative estimate of drug-likeness (QED) is 0.885. The van der Waals surface area contributed by atoms with E-state index in [1.807, 2.05) is 18.3 Å². The highest BCUT2D eigenvalue weighted by molar-refractivity contribution is 5.96. The van der Waals surface area contributed by atoms with Crippen LogP contribution in [0.15, 0.2) is 30.6 Å². The fourth-order valence-corrected chi connectivity index (χ4v) is 4.21. The van der Waals surface area contributed by atoms with Gasteiger partial charge in [0.15, 0.2) is 0 Å². The van der Waals surface area contributed by atoms with Crippen LogP contribution < -0.4 is 10.2 Å². The van der Waals surface area contributed by atoms with Gasteiger partial charge in [0.25, 0.3) is 0 Å². The van der Waals surface area contributed by atoms with Gasteiger partial charge >= 0.3 is 0 Å². The topological polar surface area (TPSA) is 62.3 Å². The van der Waals surface area contributed by atoms with E-state index in [0.717, 1.165) is 39.9 Å². The predicted octanol–water partition coefficient (Wildman–Crippen LogP) is 3.51. The molecule has 1 aromatic heterocycles. The fourth-order valence-electron chi connectivity index (χ4n) is 4.21. The lowest BCUT2D eigenvalue weighted by atomic mass is 9.83. The molecule has 2 amide bonds. The summed E-state index contributed by atoms with van der Waals surface area (Å²) >= 11 is 0. The zero-order chi connectivity index (χ0) is 19.8. The maximum Gasteiger partial charge on any atom is 0.227 e. The molecule has 0 saturated heterocycles. The zero-order valence-electron chi connectivity index (χ0n) is 16.2. The number of hydrogen-bond donors (Lipinski definition) is 1. The van der Waals surface area contributed by atoms with Crippen molar-refractivity contribution in [2.45, 2.75) is 51.2 Å². The first-order chi connectivity index (χ1) is 13.5. The number of carbonyl (C=O) groups excluding carboxylic acids is 2. The molecule has 2 aromatic rings. The minimum absolute atomic E-state index is 0.127. The van der Waals surface area contributed by atoms with E-state index in [-0.39, 0.29) is 11.8 Å². The zero-order valence-corrected chi connectivity index (χ0v) is 16.2. The van der Waals surface area contributed by atoms with Crippen LogP contribution in [0.5, 0.6) is 0 Å². The highest BCUT2D eigenvalue weighted by Gasteiger charge is 2.32. The smallest absolute Gasteiger partial charge is 0.227 e. The van der Waals surface area contributed by atoms with Gasteiger partial charge in [0.1, 0.15) is 6.17 Å². The Balaban J connectivity index is 1.75. The number of carbonyl (C=O) groups is 2. The van der Waals surface area contributed by atoms with Crippen LogP contribution in [0.3, 0.4) is 0 Å². The molecule has 0 bridgehead atoms. The van der Waals surface area contributed by atoms with Gasteiger partial charge in [-0.05, 0) is 53.6 Å². The molecular formula is C22H24FN3O2. The van der Waals surface area contributed by atoms with Crippen molar-refractivity contribution in [3.8, 4) is 11.1 Å². The van der Waals surface area contributed by atoms with Gasteiger partial charge in [0.2, 0.25) is 11.8 Å². The summed E-state index contributed by atoms with van der Waals surface area (Å²) in [5, 5.41) is 2.82. The Morgan fingerprint density at radius 2 is 2.11 bits per heavy atom. The highest BCUT2D eigenvalue weighted by atomic mass is 19.1. The van der Waals surface area contributed by atoms with Crippen molar-refractivity contribution in [3.05, 3.63) is 47.3 Å². The largest absolute Gasteiger partial charge is 0.346 e. The third-order valence-corrected chi connectivity index (χ3v) is 5.83. The molecule has 0 spiro atoms. The fraction of sp³-hybridized carbons (Fsp3) is 0.409. The number of halogens is 1. The predicted molar refractivity (Wildman–Crippen MR) is 106 cm³/mol. The van der Waals surface area contributed by atoms with E-state index >= 15 is 0 Å². The number of nitrogens with one attached hydrogen (secondary N) is 1. The molecular weight excluding hydrogens is 357 g/mol. The van der Waals surface area contributed by atoms with E-state index in [1.165, 1.54) is 0 Å². The first-order valence-electron chi connectivity index (χ1n) is 9.79. The number of alkyl halides is 1. The maximum atomic E-state index is 14.6. The second kappa shape index (κ2) is 7.34. The molecule has 2 aliphatic rings. The molecule has 1 aromatic carbocycles. The third kappa shape index (κ3) is 3.17. The molecule has 28 heavy (non-hydrogen) atoms. The second-order valence-corrected chi connectivity index (χ2v) is 7.50. The third-order valence-electron chi connectivity index (χ3n) is 5.83. The van der Waals surface area contributed by atoms with Gasteiger partial charge in [-0.1, -0.05) is 13.0 Å². The number of aromatic nitrogens is 1. The number of fused-ring (bicyclic) bond motifs is 2. The van der Waals surface area contributed by atoms with Crippen molar-refractivity contribution in [2.75, 3.05) is 11.9 Å². The average molecular weight is 381 g/mol. The lowest BCUT2D eigenvalue weighted by molar-refractivity contribution is -0.122. The second-order valence-electron chi connectivity index (χ2n) is 7.50. The first kappa shape index (κ1) is 18.6. The first-order valence-corrected chi connectivity index (χ1v) is 9.79. The molecule has 0 unspecified atom stereocenters. The molecule has 6 heteroatoms. The van der Waals surface area contributed by atoms with E-state index in [0.29, 0.717) is 25.7 Å². The average Bonchev–Trinajstić information content (AvgIpc) is 2.72. The monoisotopic (exact) mass is 381 g/mol. The number of anilines is 1. The molecule has 2 heterocycles. The van der Waals surface area contributed by atoms with Crippen molar-refractivity contribution >= 4 is 17.5 Å². The number of nitrogens with zero attached hydrogens (tertiary/aromatic N) is 2.